The molecule has 0 saturated heterocycles. The number of nitrogens with one attached hydrogen (secondary N) is 1. The van der Waals surface area contributed by atoms with Gasteiger partial charge in [0.05, 0.1) is 0 Å². The van der Waals surface area contributed by atoms with E-state index in [1.165, 1.54) is 6.92 Å². The number of aryl methyl sites for hydroxylation is 1. The summed E-state index contributed by atoms with van der Waals surface area (Å²) >= 11 is 0. The fraction of sp³-hybridized carbons (Fsp3) is 0.231. The van der Waals surface area contributed by atoms with E-state index in [0.717, 1.165) is 17.4 Å². The van der Waals surface area contributed by atoms with Crippen LogP contribution in [0.4, 0.5) is 0 Å². The molecule has 1 aromatic rings. The lowest BCUT2D eigenvalue weighted by Crippen LogP contribution is -2.19. The van der Waals surface area contributed by atoms with E-state index in [1.54, 1.807) is 6.07 Å². The number of aldehydes is 1. The van der Waals surface area contributed by atoms with Crippen molar-refractivity contribution in [2.75, 3.05) is 6.54 Å². The lowest BCUT2D eigenvalue weighted by Gasteiger charge is -2.01. The molecule has 0 atom stereocenters. The van der Waals surface area contributed by atoms with Gasteiger partial charge in [-0.25, -0.2) is 0 Å². The van der Waals surface area contributed by atoms with Gasteiger partial charge < -0.3 is 5.32 Å². The van der Waals surface area contributed by atoms with Crippen LogP contribution in [-0.4, -0.2) is 18.7 Å². The van der Waals surface area contributed by atoms with Crippen molar-refractivity contribution in [2.45, 2.75) is 13.8 Å². The highest BCUT2D eigenvalue weighted by atomic mass is 16.1. The lowest BCUT2D eigenvalue weighted by molar-refractivity contribution is -0.118. The summed E-state index contributed by atoms with van der Waals surface area (Å²) in [4.78, 5) is 21.2. The molecule has 0 radical (unpaired) electrons. The number of carbonyl (C=O) groups excluding carboxylic acids is 2. The summed E-state index contributed by atoms with van der Waals surface area (Å²) in [5, 5.41) is 2.68. The highest BCUT2D eigenvalue weighted by molar-refractivity contribution is 5.76. The molecular weight excluding hydrogens is 202 g/mol. The molecule has 0 aliphatic heterocycles. The van der Waals surface area contributed by atoms with Crippen molar-refractivity contribution in [1.29, 1.82) is 0 Å². The van der Waals surface area contributed by atoms with Gasteiger partial charge >= 0.3 is 0 Å². The molecule has 3 heteroatoms. The minimum absolute atomic E-state index is 0.0438. The largest absolute Gasteiger partial charge is 0.353 e. The molecule has 0 aliphatic carbocycles. The Hall–Kier alpha value is -1.90. The van der Waals surface area contributed by atoms with E-state index in [9.17, 15) is 9.59 Å². The van der Waals surface area contributed by atoms with Crippen LogP contribution in [-0.2, 0) is 4.79 Å². The van der Waals surface area contributed by atoms with Crippen molar-refractivity contribution >= 4 is 18.3 Å². The van der Waals surface area contributed by atoms with Crippen molar-refractivity contribution in [3.63, 3.8) is 0 Å². The van der Waals surface area contributed by atoms with Crippen molar-refractivity contribution < 1.29 is 9.59 Å². The first kappa shape index (κ1) is 12.2. The molecule has 0 unspecified atom stereocenters. The Bertz CT molecular complexity index is 422. The Morgan fingerprint density at radius 2 is 2.19 bits per heavy atom. The second kappa shape index (κ2) is 5.85. The maximum absolute atomic E-state index is 10.6. The highest BCUT2D eigenvalue weighted by Gasteiger charge is 1.95. The van der Waals surface area contributed by atoms with Gasteiger partial charge in [-0.1, -0.05) is 24.3 Å². The third-order valence-electron chi connectivity index (χ3n) is 2.20. The zero-order valence-electron chi connectivity index (χ0n) is 9.49. The monoisotopic (exact) mass is 217 g/mol. The van der Waals surface area contributed by atoms with Crippen LogP contribution in [0, 0.1) is 6.92 Å². The van der Waals surface area contributed by atoms with Crippen molar-refractivity contribution in [3.8, 4) is 0 Å². The third-order valence-corrected chi connectivity index (χ3v) is 2.20. The van der Waals surface area contributed by atoms with Gasteiger partial charge in [-0.2, -0.15) is 0 Å². The summed E-state index contributed by atoms with van der Waals surface area (Å²) < 4.78 is 0. The fourth-order valence-electron chi connectivity index (χ4n) is 1.35. The topological polar surface area (TPSA) is 46.2 Å². The first-order chi connectivity index (χ1) is 7.63. The van der Waals surface area contributed by atoms with Crippen LogP contribution in [0.3, 0.4) is 0 Å². The Kier molecular flexibility index (Phi) is 4.45. The average molecular weight is 217 g/mol. The summed E-state index contributed by atoms with van der Waals surface area (Å²) in [6.07, 6.45) is 4.64. The van der Waals surface area contributed by atoms with Gasteiger partial charge in [0, 0.05) is 19.0 Å². The number of benzene rings is 1. The van der Waals surface area contributed by atoms with Crippen LogP contribution < -0.4 is 5.32 Å². The van der Waals surface area contributed by atoms with Gasteiger partial charge in [-0.3, -0.25) is 9.59 Å². The Balaban J connectivity index is 2.66. The van der Waals surface area contributed by atoms with Gasteiger partial charge in [-0.05, 0) is 24.1 Å². The molecule has 84 valence electrons. The molecular formula is C13H15NO2. The summed E-state index contributed by atoms with van der Waals surface area (Å²) in [5.74, 6) is -0.0438. The van der Waals surface area contributed by atoms with Crippen LogP contribution in [0.2, 0.25) is 0 Å². The molecule has 3 nitrogen and oxygen atoms in total. The average Bonchev–Trinajstić information content (AvgIpc) is 2.25. The van der Waals surface area contributed by atoms with Gasteiger partial charge in [0.25, 0.3) is 0 Å². The first-order valence-electron chi connectivity index (χ1n) is 5.10. The molecule has 1 rings (SSSR count). The molecule has 1 N–H and O–H groups in total. The molecule has 1 aromatic carbocycles. The van der Waals surface area contributed by atoms with E-state index >= 15 is 0 Å². The molecule has 0 aromatic heterocycles. The predicted octanol–water partition coefficient (Wildman–Crippen LogP) is 1.96. The lowest BCUT2D eigenvalue weighted by atomic mass is 10.1. The van der Waals surface area contributed by atoms with E-state index in [4.69, 9.17) is 0 Å². The molecule has 0 heterocycles. The molecule has 0 saturated carbocycles. The van der Waals surface area contributed by atoms with Crippen LogP contribution in [0.25, 0.3) is 6.08 Å². The highest BCUT2D eigenvalue weighted by Crippen LogP contribution is 2.11. The van der Waals surface area contributed by atoms with Crippen molar-refractivity contribution in [3.05, 3.63) is 41.0 Å². The summed E-state index contributed by atoms with van der Waals surface area (Å²) in [5.41, 5.74) is 2.77. The van der Waals surface area contributed by atoms with E-state index in [1.807, 2.05) is 31.2 Å². The molecule has 0 spiro atoms. The zero-order valence-corrected chi connectivity index (χ0v) is 9.49. The second-order valence-electron chi connectivity index (χ2n) is 3.57. The Morgan fingerprint density at radius 1 is 1.44 bits per heavy atom. The molecule has 0 bridgehead atoms. The molecule has 0 aliphatic rings. The van der Waals surface area contributed by atoms with Crippen LogP contribution in [0.15, 0.2) is 24.3 Å². The second-order valence-corrected chi connectivity index (χ2v) is 3.57. The summed E-state index contributed by atoms with van der Waals surface area (Å²) in [6.45, 7) is 3.95. The SMILES string of the molecule is CC(=O)NCC=Cc1ccc(C=O)cc1C. The standard InChI is InChI=1S/C13H15NO2/c1-10-8-12(9-15)5-6-13(10)4-3-7-14-11(2)16/h3-6,8-9H,7H2,1-2H3,(H,14,16). The van der Waals surface area contributed by atoms with Gasteiger partial charge in [0.15, 0.2) is 0 Å². The van der Waals surface area contributed by atoms with E-state index in [2.05, 4.69) is 5.32 Å². The summed E-state index contributed by atoms with van der Waals surface area (Å²) in [6, 6.07) is 5.51. The maximum atomic E-state index is 10.6. The van der Waals surface area contributed by atoms with Gasteiger partial charge in [0.1, 0.15) is 6.29 Å². The quantitative estimate of drug-likeness (QED) is 0.783. The number of carbonyl (C=O) groups is 2. The number of hydrogen-bond acceptors (Lipinski definition) is 2. The molecule has 1 amide bonds. The van der Waals surface area contributed by atoms with Crippen molar-refractivity contribution in [1.82, 2.24) is 5.32 Å². The number of hydrogen-bond donors (Lipinski definition) is 1. The Morgan fingerprint density at radius 3 is 2.75 bits per heavy atom. The number of rotatable bonds is 4. The minimum atomic E-state index is -0.0438. The van der Waals surface area contributed by atoms with E-state index < -0.39 is 0 Å². The van der Waals surface area contributed by atoms with Crippen LogP contribution in [0.5, 0.6) is 0 Å². The maximum Gasteiger partial charge on any atom is 0.217 e. The van der Waals surface area contributed by atoms with Gasteiger partial charge in [-0.15, -0.1) is 0 Å². The van der Waals surface area contributed by atoms with Crippen LogP contribution in [0.1, 0.15) is 28.4 Å². The smallest absolute Gasteiger partial charge is 0.217 e. The van der Waals surface area contributed by atoms with E-state index in [0.29, 0.717) is 12.1 Å². The third kappa shape index (κ3) is 3.69. The number of amides is 1. The Labute approximate surface area is 95.2 Å². The first-order valence-corrected chi connectivity index (χ1v) is 5.10. The van der Waals surface area contributed by atoms with Crippen molar-refractivity contribution in [2.24, 2.45) is 0 Å². The zero-order chi connectivity index (χ0) is 12.0. The normalized spacial score (nSPS) is 10.4. The predicted molar refractivity (Wildman–Crippen MR) is 64.3 cm³/mol. The fourth-order valence-corrected chi connectivity index (χ4v) is 1.35. The van der Waals surface area contributed by atoms with Crippen LogP contribution >= 0.6 is 0 Å². The molecule has 16 heavy (non-hydrogen) atoms. The molecule has 0 fully saturated rings. The minimum Gasteiger partial charge on any atom is -0.353 e. The van der Waals surface area contributed by atoms with Gasteiger partial charge in [0.2, 0.25) is 5.91 Å². The van der Waals surface area contributed by atoms with E-state index in [-0.39, 0.29) is 5.91 Å². The summed E-state index contributed by atoms with van der Waals surface area (Å²) in [7, 11) is 0.